The average Bonchev–Trinajstić information content (AvgIpc) is 3.11. The van der Waals surface area contributed by atoms with Crippen LogP contribution in [0.5, 0.6) is 0 Å². The van der Waals surface area contributed by atoms with Crippen molar-refractivity contribution < 1.29 is 0 Å². The molecule has 1 aliphatic rings. The first-order valence-electron chi connectivity index (χ1n) is 11.4. The highest BCUT2D eigenvalue weighted by Gasteiger charge is 2.46. The molecule has 0 nitrogen and oxygen atoms in total. The van der Waals surface area contributed by atoms with Crippen molar-refractivity contribution in [1.82, 2.24) is 0 Å². The maximum Gasteiger partial charge on any atom is 0.0713 e. The molecular formula is C31H30. The summed E-state index contributed by atoms with van der Waals surface area (Å²) in [4.78, 5) is 0. The monoisotopic (exact) mass is 402 g/mol. The van der Waals surface area contributed by atoms with E-state index in [1.807, 2.05) is 0 Å². The molecule has 0 aromatic heterocycles. The van der Waals surface area contributed by atoms with Crippen molar-refractivity contribution in [3.8, 4) is 11.1 Å². The zero-order chi connectivity index (χ0) is 21.6. The Labute approximate surface area is 186 Å². The zero-order valence-corrected chi connectivity index (χ0v) is 18.9. The quantitative estimate of drug-likeness (QED) is 0.283. The van der Waals surface area contributed by atoms with E-state index >= 15 is 0 Å². The van der Waals surface area contributed by atoms with E-state index in [0.29, 0.717) is 11.8 Å². The molecule has 0 saturated heterocycles. The molecule has 0 radical (unpaired) electrons. The molecule has 4 aromatic carbocycles. The number of fused-ring (bicyclic) bond motifs is 3. The van der Waals surface area contributed by atoms with Crippen molar-refractivity contribution in [1.29, 1.82) is 0 Å². The lowest BCUT2D eigenvalue weighted by molar-refractivity contribution is 0.753. The van der Waals surface area contributed by atoms with Crippen molar-refractivity contribution in [2.45, 2.75) is 44.9 Å². The predicted molar refractivity (Wildman–Crippen MR) is 132 cm³/mol. The first kappa shape index (κ1) is 19.8. The molecule has 0 fully saturated rings. The van der Waals surface area contributed by atoms with Gasteiger partial charge in [-0.1, -0.05) is 125 Å². The number of hydrogen-bond acceptors (Lipinski definition) is 0. The molecule has 0 heteroatoms. The van der Waals surface area contributed by atoms with Gasteiger partial charge in [0, 0.05) is 0 Å². The molecule has 0 amide bonds. The number of benzene rings is 4. The second-order valence-corrected chi connectivity index (χ2v) is 9.40. The van der Waals surface area contributed by atoms with Crippen LogP contribution in [0, 0.1) is 0 Å². The minimum atomic E-state index is -0.303. The molecule has 0 N–H and O–H groups in total. The minimum Gasteiger partial charge on any atom is -0.0619 e. The normalized spacial score (nSPS) is 14.0. The summed E-state index contributed by atoms with van der Waals surface area (Å²) in [7, 11) is 0. The van der Waals surface area contributed by atoms with Crippen LogP contribution >= 0.6 is 0 Å². The van der Waals surface area contributed by atoms with Crippen molar-refractivity contribution >= 4 is 0 Å². The Balaban J connectivity index is 1.93. The summed E-state index contributed by atoms with van der Waals surface area (Å²) in [5.41, 5.74) is 10.7. The Hall–Kier alpha value is -3.12. The minimum absolute atomic E-state index is 0.303. The molecule has 0 heterocycles. The van der Waals surface area contributed by atoms with Gasteiger partial charge in [0.2, 0.25) is 0 Å². The zero-order valence-electron chi connectivity index (χ0n) is 18.9. The van der Waals surface area contributed by atoms with E-state index in [-0.39, 0.29) is 5.41 Å². The highest BCUT2D eigenvalue weighted by atomic mass is 14.5. The summed E-state index contributed by atoms with van der Waals surface area (Å²) in [5.74, 6) is 0.983. The molecule has 0 unspecified atom stereocenters. The van der Waals surface area contributed by atoms with E-state index in [1.165, 1.54) is 44.5 Å². The Morgan fingerprint density at radius 1 is 0.484 bits per heavy atom. The Bertz CT molecular complexity index is 1140. The maximum absolute atomic E-state index is 2.44. The molecule has 4 aromatic rings. The molecule has 0 aliphatic heterocycles. The Morgan fingerprint density at radius 3 is 1.32 bits per heavy atom. The van der Waals surface area contributed by atoms with E-state index in [2.05, 4.69) is 125 Å². The molecule has 0 saturated carbocycles. The largest absolute Gasteiger partial charge is 0.0713 e. The first-order chi connectivity index (χ1) is 15.0. The summed E-state index contributed by atoms with van der Waals surface area (Å²) >= 11 is 0. The van der Waals surface area contributed by atoms with Crippen LogP contribution in [0.25, 0.3) is 11.1 Å². The van der Waals surface area contributed by atoms with Gasteiger partial charge < -0.3 is 0 Å². The molecule has 31 heavy (non-hydrogen) atoms. The van der Waals surface area contributed by atoms with Crippen molar-refractivity contribution in [2.24, 2.45) is 0 Å². The topological polar surface area (TPSA) is 0 Å². The highest BCUT2D eigenvalue weighted by molar-refractivity contribution is 5.86. The average molecular weight is 403 g/mol. The van der Waals surface area contributed by atoms with E-state index in [1.54, 1.807) is 0 Å². The molecule has 5 rings (SSSR count). The van der Waals surface area contributed by atoms with Gasteiger partial charge in [-0.2, -0.15) is 0 Å². The molecular weight excluding hydrogens is 372 g/mol. The lowest BCUT2D eigenvalue weighted by atomic mass is 9.67. The molecule has 154 valence electrons. The van der Waals surface area contributed by atoms with Gasteiger partial charge in [-0.15, -0.1) is 0 Å². The standard InChI is InChI=1S/C31H30/c1-21(2)23-11-9-13-25(19-23)31(26-14-10-12-24(20-26)22(3)4)29-17-7-5-15-27(29)28-16-6-8-18-30(28)31/h5-22H,1-4H3. The lowest BCUT2D eigenvalue weighted by Crippen LogP contribution is -2.29. The maximum atomic E-state index is 2.44. The molecule has 1 aliphatic carbocycles. The van der Waals surface area contributed by atoms with Crippen LogP contribution in [-0.4, -0.2) is 0 Å². The van der Waals surface area contributed by atoms with Crippen molar-refractivity contribution in [2.75, 3.05) is 0 Å². The Kier molecular flexibility index (Phi) is 4.82. The van der Waals surface area contributed by atoms with Gasteiger partial charge in [-0.25, -0.2) is 0 Å². The lowest BCUT2D eigenvalue weighted by Gasteiger charge is -2.35. The van der Waals surface area contributed by atoms with Gasteiger partial charge in [-0.3, -0.25) is 0 Å². The van der Waals surface area contributed by atoms with Crippen LogP contribution in [-0.2, 0) is 5.41 Å². The van der Waals surface area contributed by atoms with Gasteiger partial charge in [0.1, 0.15) is 0 Å². The van der Waals surface area contributed by atoms with Crippen LogP contribution in [0.4, 0.5) is 0 Å². The first-order valence-corrected chi connectivity index (χ1v) is 11.4. The van der Waals surface area contributed by atoms with Crippen LogP contribution < -0.4 is 0 Å². The molecule has 0 bridgehead atoms. The van der Waals surface area contributed by atoms with Crippen molar-refractivity contribution in [3.05, 3.63) is 130 Å². The van der Waals surface area contributed by atoms with Crippen LogP contribution in [0.2, 0.25) is 0 Å². The fourth-order valence-electron chi connectivity index (χ4n) is 5.29. The summed E-state index contributed by atoms with van der Waals surface area (Å²) in [6.07, 6.45) is 0. The third-order valence-electron chi connectivity index (χ3n) is 6.92. The van der Waals surface area contributed by atoms with Gasteiger partial charge in [0.05, 0.1) is 5.41 Å². The SMILES string of the molecule is CC(C)c1cccc(C2(c3cccc(C(C)C)c3)c3ccccc3-c3ccccc32)c1. The molecule has 0 atom stereocenters. The fraction of sp³-hybridized carbons (Fsp3) is 0.226. The molecule has 0 spiro atoms. The summed E-state index contributed by atoms with van der Waals surface area (Å²) in [6, 6.07) is 36.5. The number of rotatable bonds is 4. The summed E-state index contributed by atoms with van der Waals surface area (Å²) in [6.45, 7) is 9.12. The fourth-order valence-corrected chi connectivity index (χ4v) is 5.29. The highest BCUT2D eigenvalue weighted by Crippen LogP contribution is 2.56. The Morgan fingerprint density at radius 2 is 0.903 bits per heavy atom. The van der Waals surface area contributed by atoms with E-state index < -0.39 is 0 Å². The summed E-state index contributed by atoms with van der Waals surface area (Å²) in [5, 5.41) is 0. The van der Waals surface area contributed by atoms with E-state index in [0.717, 1.165) is 0 Å². The third-order valence-corrected chi connectivity index (χ3v) is 6.92. The van der Waals surface area contributed by atoms with Gasteiger partial charge >= 0.3 is 0 Å². The van der Waals surface area contributed by atoms with E-state index in [9.17, 15) is 0 Å². The van der Waals surface area contributed by atoms with Gasteiger partial charge in [0.15, 0.2) is 0 Å². The summed E-state index contributed by atoms with van der Waals surface area (Å²) < 4.78 is 0. The second kappa shape index (κ2) is 7.54. The predicted octanol–water partition coefficient (Wildman–Crippen LogP) is 8.30. The van der Waals surface area contributed by atoms with Gasteiger partial charge in [-0.05, 0) is 56.3 Å². The van der Waals surface area contributed by atoms with Gasteiger partial charge in [0.25, 0.3) is 0 Å². The van der Waals surface area contributed by atoms with Crippen LogP contribution in [0.3, 0.4) is 0 Å². The van der Waals surface area contributed by atoms with E-state index in [4.69, 9.17) is 0 Å². The smallest absolute Gasteiger partial charge is 0.0619 e. The van der Waals surface area contributed by atoms with Crippen molar-refractivity contribution in [3.63, 3.8) is 0 Å². The third kappa shape index (κ3) is 2.97. The van der Waals surface area contributed by atoms with Crippen LogP contribution in [0.15, 0.2) is 97.1 Å². The number of hydrogen-bond donors (Lipinski definition) is 0. The van der Waals surface area contributed by atoms with Crippen LogP contribution in [0.1, 0.15) is 72.9 Å². The second-order valence-electron chi connectivity index (χ2n) is 9.40.